The van der Waals surface area contributed by atoms with Gasteiger partial charge in [-0.15, -0.1) is 0 Å². The van der Waals surface area contributed by atoms with Crippen LogP contribution in [0.15, 0.2) is 0 Å². The highest BCUT2D eigenvalue weighted by Crippen LogP contribution is 2.17. The van der Waals surface area contributed by atoms with Gasteiger partial charge in [0.2, 0.25) is 0 Å². The number of rotatable bonds is 4. The Labute approximate surface area is 91.3 Å². The van der Waals surface area contributed by atoms with Crippen LogP contribution < -0.4 is 5.32 Å². The van der Waals surface area contributed by atoms with Crippen LogP contribution in [0.2, 0.25) is 0 Å². The number of carbonyl (C=O) groups is 1. The summed E-state index contributed by atoms with van der Waals surface area (Å²) in [5.41, 5.74) is -0.451. The van der Waals surface area contributed by atoms with Gasteiger partial charge in [-0.2, -0.15) is 0 Å². The van der Waals surface area contributed by atoms with Crippen LogP contribution in [-0.2, 0) is 14.3 Å². The minimum absolute atomic E-state index is 0.165. The van der Waals surface area contributed by atoms with E-state index in [0.717, 1.165) is 26.1 Å². The van der Waals surface area contributed by atoms with Gasteiger partial charge >= 0.3 is 5.97 Å². The van der Waals surface area contributed by atoms with Crippen molar-refractivity contribution in [2.75, 3.05) is 26.9 Å². The minimum Gasteiger partial charge on any atom is -0.469 e. The zero-order chi connectivity index (χ0) is 11.3. The maximum atomic E-state index is 11.4. The molecule has 0 unspecified atom stereocenters. The highest BCUT2D eigenvalue weighted by Gasteiger charge is 2.29. The second-order valence-electron chi connectivity index (χ2n) is 4.64. The number of nitrogens with one attached hydrogen (secondary N) is 1. The maximum absolute atomic E-state index is 11.4. The Hall–Kier alpha value is -0.610. The van der Waals surface area contributed by atoms with E-state index >= 15 is 0 Å². The van der Waals surface area contributed by atoms with Gasteiger partial charge in [0, 0.05) is 25.8 Å². The summed E-state index contributed by atoms with van der Waals surface area (Å²) >= 11 is 0. The van der Waals surface area contributed by atoms with Gasteiger partial charge in [-0.05, 0) is 26.7 Å². The smallest absolute Gasteiger partial charge is 0.312 e. The fourth-order valence-corrected chi connectivity index (χ4v) is 1.65. The molecule has 1 fully saturated rings. The van der Waals surface area contributed by atoms with Crippen molar-refractivity contribution in [1.29, 1.82) is 0 Å². The van der Waals surface area contributed by atoms with Crippen molar-refractivity contribution in [3.05, 3.63) is 0 Å². The van der Waals surface area contributed by atoms with Gasteiger partial charge in [-0.3, -0.25) is 4.79 Å². The molecule has 0 saturated carbocycles. The third-order valence-electron chi connectivity index (χ3n) is 2.79. The van der Waals surface area contributed by atoms with E-state index in [2.05, 4.69) is 5.32 Å². The third-order valence-corrected chi connectivity index (χ3v) is 2.79. The Morgan fingerprint density at radius 1 is 1.47 bits per heavy atom. The molecule has 0 aromatic heterocycles. The van der Waals surface area contributed by atoms with E-state index in [4.69, 9.17) is 9.47 Å². The Morgan fingerprint density at radius 2 is 2.07 bits per heavy atom. The minimum atomic E-state index is -0.451. The number of esters is 1. The molecule has 4 nitrogen and oxygen atoms in total. The molecule has 1 aliphatic heterocycles. The largest absolute Gasteiger partial charge is 0.469 e. The lowest BCUT2D eigenvalue weighted by Gasteiger charge is -2.28. The normalized spacial score (nSPS) is 18.9. The summed E-state index contributed by atoms with van der Waals surface area (Å²) in [7, 11) is 1.43. The number of carbonyl (C=O) groups excluding carboxylic acids is 1. The molecular formula is C11H21NO3. The van der Waals surface area contributed by atoms with Crippen molar-refractivity contribution in [2.45, 2.75) is 32.7 Å². The molecule has 4 heteroatoms. The first kappa shape index (κ1) is 12.5. The lowest BCUT2D eigenvalue weighted by atomic mass is 9.93. The first-order valence-electron chi connectivity index (χ1n) is 5.46. The number of ether oxygens (including phenoxy) is 2. The van der Waals surface area contributed by atoms with E-state index in [1.165, 1.54) is 7.11 Å². The highest BCUT2D eigenvalue weighted by atomic mass is 16.5. The average molecular weight is 215 g/mol. The summed E-state index contributed by atoms with van der Waals surface area (Å²) in [6.45, 7) is 6.08. The van der Waals surface area contributed by atoms with Crippen molar-refractivity contribution >= 4 is 5.97 Å². The summed E-state index contributed by atoms with van der Waals surface area (Å²) in [4.78, 5) is 11.4. The predicted molar refractivity (Wildman–Crippen MR) is 57.6 cm³/mol. The molecule has 0 spiro atoms. The van der Waals surface area contributed by atoms with Gasteiger partial charge in [0.1, 0.15) is 0 Å². The average Bonchev–Trinajstić information content (AvgIpc) is 2.27. The molecule has 0 aliphatic carbocycles. The molecule has 1 rings (SSSR count). The SMILES string of the molecule is COC(=O)C(C)(C)CNC1CCOCC1. The molecule has 0 bridgehead atoms. The Morgan fingerprint density at radius 3 is 2.60 bits per heavy atom. The monoisotopic (exact) mass is 215 g/mol. The maximum Gasteiger partial charge on any atom is 0.312 e. The Bertz CT molecular complexity index is 210. The van der Waals surface area contributed by atoms with Crippen LogP contribution in [0.4, 0.5) is 0 Å². The van der Waals surface area contributed by atoms with Crippen LogP contribution >= 0.6 is 0 Å². The Kier molecular flexibility index (Phi) is 4.54. The van der Waals surface area contributed by atoms with E-state index in [0.29, 0.717) is 12.6 Å². The van der Waals surface area contributed by atoms with Crippen LogP contribution in [-0.4, -0.2) is 38.9 Å². The molecule has 1 saturated heterocycles. The summed E-state index contributed by atoms with van der Waals surface area (Å²) in [5.74, 6) is -0.165. The van der Waals surface area contributed by atoms with E-state index in [-0.39, 0.29) is 5.97 Å². The summed E-state index contributed by atoms with van der Waals surface area (Å²) < 4.78 is 10.0. The summed E-state index contributed by atoms with van der Waals surface area (Å²) in [5, 5.41) is 3.40. The molecule has 15 heavy (non-hydrogen) atoms. The first-order chi connectivity index (χ1) is 7.06. The molecule has 0 aromatic rings. The fourth-order valence-electron chi connectivity index (χ4n) is 1.65. The van der Waals surface area contributed by atoms with E-state index < -0.39 is 5.41 Å². The van der Waals surface area contributed by atoms with Crippen molar-refractivity contribution in [1.82, 2.24) is 5.32 Å². The molecule has 0 aromatic carbocycles. The highest BCUT2D eigenvalue weighted by molar-refractivity contribution is 5.76. The zero-order valence-corrected chi connectivity index (χ0v) is 9.84. The van der Waals surface area contributed by atoms with Gasteiger partial charge in [0.15, 0.2) is 0 Å². The van der Waals surface area contributed by atoms with Crippen LogP contribution in [0, 0.1) is 5.41 Å². The first-order valence-corrected chi connectivity index (χ1v) is 5.46. The molecular weight excluding hydrogens is 194 g/mol. The predicted octanol–water partition coefficient (Wildman–Crippen LogP) is 0.954. The zero-order valence-electron chi connectivity index (χ0n) is 9.84. The molecule has 1 aliphatic rings. The molecule has 88 valence electrons. The van der Waals surface area contributed by atoms with Gasteiger partial charge in [-0.25, -0.2) is 0 Å². The van der Waals surface area contributed by atoms with E-state index in [9.17, 15) is 4.79 Å². The molecule has 0 radical (unpaired) electrons. The van der Waals surface area contributed by atoms with Crippen molar-refractivity contribution in [3.8, 4) is 0 Å². The summed E-state index contributed by atoms with van der Waals surface area (Å²) in [6, 6.07) is 0.475. The molecule has 0 amide bonds. The van der Waals surface area contributed by atoms with Gasteiger partial charge in [0.25, 0.3) is 0 Å². The van der Waals surface area contributed by atoms with Crippen molar-refractivity contribution in [2.24, 2.45) is 5.41 Å². The summed E-state index contributed by atoms with van der Waals surface area (Å²) in [6.07, 6.45) is 2.05. The van der Waals surface area contributed by atoms with Gasteiger partial charge in [-0.1, -0.05) is 0 Å². The quantitative estimate of drug-likeness (QED) is 0.709. The van der Waals surface area contributed by atoms with Crippen LogP contribution in [0.25, 0.3) is 0 Å². The lowest BCUT2D eigenvalue weighted by Crippen LogP contribution is -2.43. The van der Waals surface area contributed by atoms with Crippen LogP contribution in [0.5, 0.6) is 0 Å². The number of hydrogen-bond donors (Lipinski definition) is 1. The number of hydrogen-bond acceptors (Lipinski definition) is 4. The third kappa shape index (κ3) is 3.80. The topological polar surface area (TPSA) is 47.6 Å². The second kappa shape index (κ2) is 5.47. The van der Waals surface area contributed by atoms with E-state index in [1.54, 1.807) is 0 Å². The Balaban J connectivity index is 2.31. The molecule has 0 atom stereocenters. The van der Waals surface area contributed by atoms with Crippen molar-refractivity contribution < 1.29 is 14.3 Å². The number of methoxy groups -OCH3 is 1. The lowest BCUT2D eigenvalue weighted by molar-refractivity contribution is -0.150. The fraction of sp³-hybridized carbons (Fsp3) is 0.909. The van der Waals surface area contributed by atoms with E-state index in [1.807, 2.05) is 13.8 Å². The second-order valence-corrected chi connectivity index (χ2v) is 4.64. The molecule has 1 heterocycles. The van der Waals surface area contributed by atoms with Crippen LogP contribution in [0.1, 0.15) is 26.7 Å². The van der Waals surface area contributed by atoms with Crippen molar-refractivity contribution in [3.63, 3.8) is 0 Å². The molecule has 1 N–H and O–H groups in total. The van der Waals surface area contributed by atoms with Gasteiger partial charge in [0.05, 0.1) is 12.5 Å². The van der Waals surface area contributed by atoms with Crippen LogP contribution in [0.3, 0.4) is 0 Å². The van der Waals surface area contributed by atoms with Gasteiger partial charge < -0.3 is 14.8 Å². The standard InChI is InChI=1S/C11H21NO3/c1-11(2,10(13)14-3)8-12-9-4-6-15-7-5-9/h9,12H,4-8H2,1-3H3.